The van der Waals surface area contributed by atoms with Crippen molar-refractivity contribution < 1.29 is 19.0 Å². The monoisotopic (exact) mass is 256 g/mol. The van der Waals surface area contributed by atoms with Crippen LogP contribution in [0.15, 0.2) is 48.5 Å². The molecule has 2 aromatic carbocycles. The average Bonchev–Trinajstić information content (AvgIpc) is 2.48. The van der Waals surface area contributed by atoms with Crippen LogP contribution in [-0.4, -0.2) is 12.8 Å². The fourth-order valence-electron chi connectivity index (χ4n) is 1.85. The highest BCUT2D eigenvalue weighted by Crippen LogP contribution is 2.28. The topological polar surface area (TPSA) is 44.8 Å². The van der Waals surface area contributed by atoms with E-state index in [9.17, 15) is 4.79 Å². The SMILES string of the molecule is O=C(Oc1ccc2c(c1)OCOC2)c1ccccc1. The Hall–Kier alpha value is -2.33. The largest absolute Gasteiger partial charge is 0.467 e. The van der Waals surface area contributed by atoms with Gasteiger partial charge in [-0.2, -0.15) is 0 Å². The van der Waals surface area contributed by atoms with Crippen molar-refractivity contribution in [3.8, 4) is 11.5 Å². The molecule has 1 aliphatic rings. The minimum absolute atomic E-state index is 0.225. The zero-order valence-corrected chi connectivity index (χ0v) is 10.2. The van der Waals surface area contributed by atoms with Crippen molar-refractivity contribution in [2.24, 2.45) is 0 Å². The number of rotatable bonds is 2. The molecule has 0 amide bonds. The lowest BCUT2D eigenvalue weighted by molar-refractivity contribution is -0.0165. The third kappa shape index (κ3) is 2.58. The number of carbonyl (C=O) groups is 1. The molecule has 0 unspecified atom stereocenters. The first-order valence-electron chi connectivity index (χ1n) is 5.93. The van der Waals surface area contributed by atoms with Gasteiger partial charge in [0, 0.05) is 11.6 Å². The molecule has 4 heteroatoms. The molecule has 2 aromatic rings. The van der Waals surface area contributed by atoms with E-state index in [2.05, 4.69) is 0 Å². The Morgan fingerprint density at radius 1 is 1.11 bits per heavy atom. The van der Waals surface area contributed by atoms with E-state index in [1.54, 1.807) is 36.4 Å². The summed E-state index contributed by atoms with van der Waals surface area (Å²) < 4.78 is 15.8. The summed E-state index contributed by atoms with van der Waals surface area (Å²) in [7, 11) is 0. The van der Waals surface area contributed by atoms with Crippen LogP contribution in [0.2, 0.25) is 0 Å². The van der Waals surface area contributed by atoms with E-state index in [0.717, 1.165) is 5.56 Å². The normalized spacial score (nSPS) is 13.3. The molecule has 0 N–H and O–H groups in total. The van der Waals surface area contributed by atoms with Gasteiger partial charge in [0.15, 0.2) is 6.79 Å². The maximum absolute atomic E-state index is 11.9. The fraction of sp³-hybridized carbons (Fsp3) is 0.133. The first-order valence-corrected chi connectivity index (χ1v) is 5.93. The van der Waals surface area contributed by atoms with Gasteiger partial charge >= 0.3 is 5.97 Å². The quantitative estimate of drug-likeness (QED) is 0.612. The van der Waals surface area contributed by atoms with Crippen molar-refractivity contribution >= 4 is 5.97 Å². The number of carbonyl (C=O) groups excluding carboxylic acids is 1. The molecule has 0 aliphatic carbocycles. The molecule has 0 saturated heterocycles. The van der Waals surface area contributed by atoms with Crippen molar-refractivity contribution in [3.63, 3.8) is 0 Å². The summed E-state index contributed by atoms with van der Waals surface area (Å²) >= 11 is 0. The Bertz CT molecular complexity index is 592. The van der Waals surface area contributed by atoms with E-state index in [4.69, 9.17) is 14.2 Å². The second-order valence-electron chi connectivity index (χ2n) is 4.14. The van der Waals surface area contributed by atoms with Gasteiger partial charge in [-0.25, -0.2) is 4.79 Å². The van der Waals surface area contributed by atoms with E-state index >= 15 is 0 Å². The van der Waals surface area contributed by atoms with Gasteiger partial charge in [-0.3, -0.25) is 0 Å². The Kier molecular flexibility index (Phi) is 3.16. The molecule has 1 heterocycles. The summed E-state index contributed by atoms with van der Waals surface area (Å²) in [5, 5.41) is 0. The van der Waals surface area contributed by atoms with Crippen LogP contribution < -0.4 is 9.47 Å². The number of esters is 1. The molecule has 0 saturated carbocycles. The zero-order valence-electron chi connectivity index (χ0n) is 10.2. The Labute approximate surface area is 110 Å². The van der Waals surface area contributed by atoms with Crippen LogP contribution in [0.25, 0.3) is 0 Å². The highest BCUT2D eigenvalue weighted by Gasteiger charge is 2.13. The highest BCUT2D eigenvalue weighted by molar-refractivity contribution is 5.91. The molecule has 0 radical (unpaired) electrons. The smallest absolute Gasteiger partial charge is 0.343 e. The number of ether oxygens (including phenoxy) is 3. The molecule has 0 aromatic heterocycles. The predicted molar refractivity (Wildman–Crippen MR) is 68.1 cm³/mol. The maximum Gasteiger partial charge on any atom is 0.343 e. The number of hydrogen-bond donors (Lipinski definition) is 0. The van der Waals surface area contributed by atoms with E-state index in [1.807, 2.05) is 12.1 Å². The van der Waals surface area contributed by atoms with Crippen molar-refractivity contribution in [1.82, 2.24) is 0 Å². The molecule has 96 valence electrons. The number of benzene rings is 2. The van der Waals surface area contributed by atoms with Gasteiger partial charge in [0.2, 0.25) is 0 Å². The molecule has 3 rings (SSSR count). The summed E-state index contributed by atoms with van der Waals surface area (Å²) in [6.07, 6.45) is 0. The van der Waals surface area contributed by atoms with Gasteiger partial charge < -0.3 is 14.2 Å². The van der Waals surface area contributed by atoms with Gasteiger partial charge in [-0.1, -0.05) is 18.2 Å². The third-order valence-electron chi connectivity index (χ3n) is 2.81. The molecule has 0 bridgehead atoms. The van der Waals surface area contributed by atoms with E-state index in [-0.39, 0.29) is 12.8 Å². The molecule has 1 aliphatic heterocycles. The Morgan fingerprint density at radius 3 is 2.79 bits per heavy atom. The van der Waals surface area contributed by atoms with Crippen LogP contribution >= 0.6 is 0 Å². The summed E-state index contributed by atoms with van der Waals surface area (Å²) in [6.45, 7) is 0.741. The predicted octanol–water partition coefficient (Wildman–Crippen LogP) is 2.77. The minimum Gasteiger partial charge on any atom is -0.467 e. The van der Waals surface area contributed by atoms with Gasteiger partial charge in [-0.15, -0.1) is 0 Å². The molecule has 0 fully saturated rings. The van der Waals surface area contributed by atoms with Crippen LogP contribution in [0.5, 0.6) is 11.5 Å². The Balaban J connectivity index is 1.78. The molecule has 19 heavy (non-hydrogen) atoms. The second kappa shape index (κ2) is 5.12. The summed E-state index contributed by atoms with van der Waals surface area (Å²) in [5.41, 5.74) is 1.47. The first kappa shape index (κ1) is 11.7. The van der Waals surface area contributed by atoms with Crippen molar-refractivity contribution in [2.75, 3.05) is 6.79 Å². The molecular weight excluding hydrogens is 244 g/mol. The summed E-state index contributed by atoms with van der Waals surface area (Å²) in [6, 6.07) is 14.1. The number of hydrogen-bond acceptors (Lipinski definition) is 4. The summed E-state index contributed by atoms with van der Waals surface area (Å²) in [5.74, 6) is 0.784. The Morgan fingerprint density at radius 2 is 1.95 bits per heavy atom. The second-order valence-corrected chi connectivity index (χ2v) is 4.14. The maximum atomic E-state index is 11.9. The van der Waals surface area contributed by atoms with Gasteiger partial charge in [0.05, 0.1) is 12.2 Å². The van der Waals surface area contributed by atoms with Crippen LogP contribution in [0.3, 0.4) is 0 Å². The molecule has 0 spiro atoms. The fourth-order valence-corrected chi connectivity index (χ4v) is 1.85. The van der Waals surface area contributed by atoms with E-state index in [1.165, 1.54) is 0 Å². The van der Waals surface area contributed by atoms with Gasteiger partial charge in [-0.05, 0) is 24.3 Å². The lowest BCUT2D eigenvalue weighted by Crippen LogP contribution is -2.12. The molecular formula is C15H12O4. The zero-order chi connectivity index (χ0) is 13.1. The van der Waals surface area contributed by atoms with Crippen LogP contribution in [0.4, 0.5) is 0 Å². The van der Waals surface area contributed by atoms with E-state index in [0.29, 0.717) is 23.7 Å². The summed E-state index contributed by atoms with van der Waals surface area (Å²) in [4.78, 5) is 11.9. The van der Waals surface area contributed by atoms with Crippen molar-refractivity contribution in [2.45, 2.75) is 6.61 Å². The number of fused-ring (bicyclic) bond motifs is 1. The van der Waals surface area contributed by atoms with Gasteiger partial charge in [0.1, 0.15) is 11.5 Å². The lowest BCUT2D eigenvalue weighted by Gasteiger charge is -2.18. The van der Waals surface area contributed by atoms with E-state index < -0.39 is 0 Å². The van der Waals surface area contributed by atoms with Crippen LogP contribution in [0, 0.1) is 0 Å². The average molecular weight is 256 g/mol. The third-order valence-corrected chi connectivity index (χ3v) is 2.81. The molecule has 0 atom stereocenters. The lowest BCUT2D eigenvalue weighted by atomic mass is 10.2. The standard InChI is InChI=1S/C15H12O4/c16-15(11-4-2-1-3-5-11)19-13-7-6-12-9-17-10-18-14(12)8-13/h1-8H,9-10H2. The van der Waals surface area contributed by atoms with Gasteiger partial charge in [0.25, 0.3) is 0 Å². The van der Waals surface area contributed by atoms with Crippen molar-refractivity contribution in [3.05, 3.63) is 59.7 Å². The highest BCUT2D eigenvalue weighted by atomic mass is 16.7. The van der Waals surface area contributed by atoms with Crippen molar-refractivity contribution in [1.29, 1.82) is 0 Å². The molecule has 4 nitrogen and oxygen atoms in total. The minimum atomic E-state index is -0.382. The first-order chi connectivity index (χ1) is 9.33. The van der Waals surface area contributed by atoms with Crippen LogP contribution in [-0.2, 0) is 11.3 Å². The van der Waals surface area contributed by atoms with Crippen LogP contribution in [0.1, 0.15) is 15.9 Å².